The van der Waals surface area contributed by atoms with Gasteiger partial charge in [-0.2, -0.15) is 5.26 Å². The van der Waals surface area contributed by atoms with Crippen molar-refractivity contribution in [1.29, 1.82) is 5.26 Å². The molecule has 1 fully saturated rings. The number of amides is 1. The van der Waals surface area contributed by atoms with Crippen LogP contribution < -0.4 is 4.90 Å². The SMILES string of the molecule is N#Cc1ccccc1-c1cccc(CC(=O)N2CCN(c3ccccn3)CC2)c1. The van der Waals surface area contributed by atoms with Crippen molar-refractivity contribution in [2.75, 3.05) is 31.1 Å². The van der Waals surface area contributed by atoms with Gasteiger partial charge in [-0.05, 0) is 34.9 Å². The Kier molecular flexibility index (Phi) is 5.53. The Bertz CT molecular complexity index is 1030. The van der Waals surface area contributed by atoms with E-state index in [2.05, 4.69) is 16.0 Å². The van der Waals surface area contributed by atoms with Gasteiger partial charge in [-0.15, -0.1) is 0 Å². The lowest BCUT2D eigenvalue weighted by molar-refractivity contribution is -0.130. The largest absolute Gasteiger partial charge is 0.353 e. The molecular weight excluding hydrogens is 360 g/mol. The number of carbonyl (C=O) groups excluding carboxylic acids is 1. The molecule has 0 spiro atoms. The Balaban J connectivity index is 1.41. The van der Waals surface area contributed by atoms with Crippen molar-refractivity contribution < 1.29 is 4.79 Å². The van der Waals surface area contributed by atoms with Gasteiger partial charge in [-0.25, -0.2) is 4.98 Å². The quantitative estimate of drug-likeness (QED) is 0.693. The van der Waals surface area contributed by atoms with E-state index in [1.807, 2.05) is 71.6 Å². The monoisotopic (exact) mass is 382 g/mol. The molecule has 1 aromatic heterocycles. The summed E-state index contributed by atoms with van der Waals surface area (Å²) in [6.45, 7) is 2.98. The summed E-state index contributed by atoms with van der Waals surface area (Å²) >= 11 is 0. The maximum atomic E-state index is 12.8. The third-order valence-corrected chi connectivity index (χ3v) is 5.25. The van der Waals surface area contributed by atoms with E-state index in [0.717, 1.165) is 35.6 Å². The van der Waals surface area contributed by atoms with Gasteiger partial charge in [-0.3, -0.25) is 4.79 Å². The summed E-state index contributed by atoms with van der Waals surface area (Å²) in [6.07, 6.45) is 2.16. The first-order chi connectivity index (χ1) is 14.2. The highest BCUT2D eigenvalue weighted by Gasteiger charge is 2.22. The number of pyridine rings is 1. The van der Waals surface area contributed by atoms with Crippen molar-refractivity contribution in [2.45, 2.75) is 6.42 Å². The van der Waals surface area contributed by atoms with Crippen LogP contribution in [0.3, 0.4) is 0 Å². The number of benzene rings is 2. The number of nitriles is 1. The molecule has 1 amide bonds. The molecule has 5 nitrogen and oxygen atoms in total. The molecule has 0 bridgehead atoms. The van der Waals surface area contributed by atoms with Crippen LogP contribution in [0.4, 0.5) is 5.82 Å². The molecule has 2 heterocycles. The minimum absolute atomic E-state index is 0.136. The molecule has 1 aliphatic heterocycles. The highest BCUT2D eigenvalue weighted by atomic mass is 16.2. The average molecular weight is 382 g/mol. The van der Waals surface area contributed by atoms with Crippen LogP contribution in [0, 0.1) is 11.3 Å². The molecule has 0 radical (unpaired) electrons. The lowest BCUT2D eigenvalue weighted by atomic mass is 9.98. The summed E-state index contributed by atoms with van der Waals surface area (Å²) in [5.41, 5.74) is 3.47. The summed E-state index contributed by atoms with van der Waals surface area (Å²) < 4.78 is 0. The first-order valence-electron chi connectivity index (χ1n) is 9.77. The minimum Gasteiger partial charge on any atom is -0.353 e. The van der Waals surface area contributed by atoms with Gasteiger partial charge in [0, 0.05) is 32.4 Å². The number of rotatable bonds is 4. The van der Waals surface area contributed by atoms with E-state index in [1.165, 1.54) is 0 Å². The zero-order valence-corrected chi connectivity index (χ0v) is 16.2. The Hall–Kier alpha value is -3.65. The zero-order valence-electron chi connectivity index (χ0n) is 16.2. The third-order valence-electron chi connectivity index (χ3n) is 5.25. The number of hydrogen-bond acceptors (Lipinski definition) is 4. The molecule has 0 unspecified atom stereocenters. The molecule has 144 valence electrons. The molecule has 1 aliphatic rings. The van der Waals surface area contributed by atoms with E-state index in [4.69, 9.17) is 0 Å². The fourth-order valence-corrected chi connectivity index (χ4v) is 3.69. The smallest absolute Gasteiger partial charge is 0.227 e. The molecule has 5 heteroatoms. The Morgan fingerprint density at radius 1 is 0.966 bits per heavy atom. The average Bonchev–Trinajstić information content (AvgIpc) is 2.80. The summed E-state index contributed by atoms with van der Waals surface area (Å²) in [7, 11) is 0. The molecule has 2 aromatic carbocycles. The van der Waals surface area contributed by atoms with E-state index >= 15 is 0 Å². The van der Waals surface area contributed by atoms with Crippen molar-refractivity contribution in [1.82, 2.24) is 9.88 Å². The first-order valence-corrected chi connectivity index (χ1v) is 9.77. The van der Waals surface area contributed by atoms with Gasteiger partial charge in [0.1, 0.15) is 5.82 Å². The second-order valence-electron chi connectivity index (χ2n) is 7.09. The highest BCUT2D eigenvalue weighted by molar-refractivity contribution is 5.80. The van der Waals surface area contributed by atoms with Crippen LogP contribution in [0.2, 0.25) is 0 Å². The van der Waals surface area contributed by atoms with Crippen molar-refractivity contribution in [3.63, 3.8) is 0 Å². The maximum absolute atomic E-state index is 12.8. The maximum Gasteiger partial charge on any atom is 0.227 e. The van der Waals surface area contributed by atoms with Gasteiger partial charge < -0.3 is 9.80 Å². The molecule has 0 atom stereocenters. The summed E-state index contributed by atoms with van der Waals surface area (Å²) in [6, 6.07) is 23.6. The predicted molar refractivity (Wildman–Crippen MR) is 113 cm³/mol. The Morgan fingerprint density at radius 2 is 1.76 bits per heavy atom. The van der Waals surface area contributed by atoms with Crippen molar-refractivity contribution >= 4 is 11.7 Å². The van der Waals surface area contributed by atoms with Crippen molar-refractivity contribution in [2.24, 2.45) is 0 Å². The van der Waals surface area contributed by atoms with Crippen LogP contribution in [-0.4, -0.2) is 42.0 Å². The van der Waals surface area contributed by atoms with Crippen molar-refractivity contribution in [3.8, 4) is 17.2 Å². The van der Waals surface area contributed by atoms with E-state index in [0.29, 0.717) is 25.1 Å². The topological polar surface area (TPSA) is 60.2 Å². The molecule has 1 saturated heterocycles. The molecule has 0 N–H and O–H groups in total. The number of anilines is 1. The Morgan fingerprint density at radius 3 is 2.52 bits per heavy atom. The normalized spacial score (nSPS) is 13.8. The minimum atomic E-state index is 0.136. The summed E-state index contributed by atoms with van der Waals surface area (Å²) in [5, 5.41) is 9.35. The van der Waals surface area contributed by atoms with Gasteiger partial charge >= 0.3 is 0 Å². The molecule has 4 rings (SSSR count). The van der Waals surface area contributed by atoms with E-state index in [9.17, 15) is 10.1 Å². The number of hydrogen-bond donors (Lipinski definition) is 0. The second kappa shape index (κ2) is 8.57. The number of aromatic nitrogens is 1. The van der Waals surface area contributed by atoms with Crippen LogP contribution in [0.1, 0.15) is 11.1 Å². The Labute approximate surface area is 170 Å². The van der Waals surface area contributed by atoms with Gasteiger partial charge in [0.2, 0.25) is 5.91 Å². The second-order valence-corrected chi connectivity index (χ2v) is 7.09. The fourth-order valence-electron chi connectivity index (χ4n) is 3.69. The van der Waals surface area contributed by atoms with Gasteiger partial charge in [-0.1, -0.05) is 48.5 Å². The van der Waals surface area contributed by atoms with Crippen LogP contribution in [-0.2, 0) is 11.2 Å². The lowest BCUT2D eigenvalue weighted by Crippen LogP contribution is -2.49. The van der Waals surface area contributed by atoms with E-state index < -0.39 is 0 Å². The van der Waals surface area contributed by atoms with E-state index in [-0.39, 0.29) is 5.91 Å². The molecule has 29 heavy (non-hydrogen) atoms. The molecular formula is C24H22N4O. The van der Waals surface area contributed by atoms with Crippen LogP contribution in [0.5, 0.6) is 0 Å². The van der Waals surface area contributed by atoms with E-state index in [1.54, 1.807) is 6.20 Å². The fraction of sp³-hybridized carbons (Fsp3) is 0.208. The van der Waals surface area contributed by atoms with Gasteiger partial charge in [0.05, 0.1) is 18.1 Å². The number of carbonyl (C=O) groups is 1. The molecule has 3 aromatic rings. The summed E-state index contributed by atoms with van der Waals surface area (Å²) in [4.78, 5) is 21.4. The van der Waals surface area contributed by atoms with Crippen LogP contribution in [0.15, 0.2) is 72.9 Å². The number of piperazine rings is 1. The summed E-state index contributed by atoms with van der Waals surface area (Å²) in [5.74, 6) is 1.10. The zero-order chi connectivity index (χ0) is 20.1. The lowest BCUT2D eigenvalue weighted by Gasteiger charge is -2.35. The first kappa shape index (κ1) is 18.7. The van der Waals surface area contributed by atoms with Crippen molar-refractivity contribution in [3.05, 3.63) is 84.1 Å². The van der Waals surface area contributed by atoms with Gasteiger partial charge in [0.25, 0.3) is 0 Å². The van der Waals surface area contributed by atoms with Crippen LogP contribution >= 0.6 is 0 Å². The van der Waals surface area contributed by atoms with Gasteiger partial charge in [0.15, 0.2) is 0 Å². The number of nitrogens with zero attached hydrogens (tertiary/aromatic N) is 4. The molecule has 0 saturated carbocycles. The molecule has 0 aliphatic carbocycles. The predicted octanol–water partition coefficient (Wildman–Crippen LogP) is 3.51. The van der Waals surface area contributed by atoms with Crippen LogP contribution in [0.25, 0.3) is 11.1 Å². The third kappa shape index (κ3) is 4.27. The standard InChI is InChI=1S/C24H22N4O/c25-18-21-7-1-2-9-22(21)20-8-5-6-19(16-20)17-24(29)28-14-12-27(13-15-28)23-10-3-4-11-26-23/h1-11,16H,12-15,17H2. The highest BCUT2D eigenvalue weighted by Crippen LogP contribution is 2.24.